The van der Waals surface area contributed by atoms with E-state index in [4.69, 9.17) is 18.9 Å². The van der Waals surface area contributed by atoms with Crippen molar-refractivity contribution in [2.24, 2.45) is 0 Å². The zero-order valence-electron chi connectivity index (χ0n) is 41.9. The molecule has 22 nitrogen and oxygen atoms in total. The normalized spacial score (nSPS) is 19.3. The minimum atomic E-state index is -0.287. The molecule has 4 aromatic heterocycles. The first-order valence-corrected chi connectivity index (χ1v) is 25.6. The van der Waals surface area contributed by atoms with Crippen LogP contribution in [0.15, 0.2) is 73.6 Å². The Morgan fingerprint density at radius 3 is 1.32 bits per heavy atom. The summed E-state index contributed by atoms with van der Waals surface area (Å²) in [7, 11) is 0. The van der Waals surface area contributed by atoms with Gasteiger partial charge in [0.1, 0.15) is 11.1 Å². The second-order valence-electron chi connectivity index (χ2n) is 19.4. The number of aromatic nitrogens is 6. The molecule has 22 heteroatoms. The molecule has 74 heavy (non-hydrogen) atoms. The van der Waals surface area contributed by atoms with Crippen LogP contribution in [0.2, 0.25) is 0 Å². The fourth-order valence-corrected chi connectivity index (χ4v) is 10.7. The molecule has 0 saturated carbocycles. The average Bonchev–Trinajstić information content (AvgIpc) is 4.23. The van der Waals surface area contributed by atoms with Gasteiger partial charge in [0, 0.05) is 127 Å². The molecule has 2 atom stereocenters. The molecule has 0 aliphatic carbocycles. The first kappa shape index (κ1) is 49.1. The third-order valence-corrected chi connectivity index (χ3v) is 14.8. The number of ether oxygens (including phenoxy) is 4. The standard InChI is InChI=1S/2C26H31N7O4/c2*1-18(30-5-9-36-10-6-30)16-32-17-19-13-22(23(14-20(19)26(32)35)31-7-11-37-12-8-31)29-25(34)21-15-28-33-4-2-3-27-24(21)33/h2*2-4,13-15,18H,5-12,16-17H2,1H3,(H,29,34)/t2*18-/m10/s1. The summed E-state index contributed by atoms with van der Waals surface area (Å²) in [5.41, 5.74) is 8.03. The van der Waals surface area contributed by atoms with Crippen LogP contribution >= 0.6 is 0 Å². The van der Waals surface area contributed by atoms with Gasteiger partial charge >= 0.3 is 0 Å². The van der Waals surface area contributed by atoms with E-state index in [1.165, 1.54) is 12.4 Å². The van der Waals surface area contributed by atoms with Crippen molar-refractivity contribution in [2.45, 2.75) is 39.0 Å². The van der Waals surface area contributed by atoms with Gasteiger partial charge < -0.3 is 49.2 Å². The Bertz CT molecular complexity index is 2830. The van der Waals surface area contributed by atoms with E-state index < -0.39 is 0 Å². The molecule has 2 N–H and O–H groups in total. The number of benzene rings is 2. The molecule has 0 bridgehead atoms. The van der Waals surface area contributed by atoms with Crippen molar-refractivity contribution in [3.63, 3.8) is 0 Å². The molecule has 0 spiro atoms. The van der Waals surface area contributed by atoms with Gasteiger partial charge in [-0.1, -0.05) is 0 Å². The molecule has 388 valence electrons. The number of morpholine rings is 4. The minimum absolute atomic E-state index is 0.0364. The highest BCUT2D eigenvalue weighted by Crippen LogP contribution is 2.37. The van der Waals surface area contributed by atoms with Crippen molar-refractivity contribution in [3.8, 4) is 0 Å². The number of carbonyl (C=O) groups excluding carboxylic acids is 4. The zero-order chi connectivity index (χ0) is 50.7. The molecule has 4 amide bonds. The summed E-state index contributed by atoms with van der Waals surface area (Å²) in [5.74, 6) is -0.501. The molecule has 6 aliphatic rings. The van der Waals surface area contributed by atoms with Crippen molar-refractivity contribution in [1.82, 2.24) is 48.8 Å². The molecular weight excluding hydrogens is 949 g/mol. The van der Waals surface area contributed by atoms with Crippen LogP contribution in [0.3, 0.4) is 0 Å². The summed E-state index contributed by atoms with van der Waals surface area (Å²) < 4.78 is 25.2. The summed E-state index contributed by atoms with van der Waals surface area (Å²) >= 11 is 0. The molecule has 6 aliphatic heterocycles. The monoisotopic (exact) mass is 1010 g/mol. The van der Waals surface area contributed by atoms with E-state index in [9.17, 15) is 19.2 Å². The number of carbonyl (C=O) groups is 4. The second-order valence-corrected chi connectivity index (χ2v) is 19.4. The maximum absolute atomic E-state index is 13.4. The molecule has 0 unspecified atom stereocenters. The minimum Gasteiger partial charge on any atom is -0.379 e. The van der Waals surface area contributed by atoms with Gasteiger partial charge in [-0.15, -0.1) is 0 Å². The second kappa shape index (κ2) is 21.8. The maximum Gasteiger partial charge on any atom is 0.261 e. The Morgan fingerprint density at radius 1 is 0.554 bits per heavy atom. The van der Waals surface area contributed by atoms with Gasteiger partial charge in [0.2, 0.25) is 0 Å². The van der Waals surface area contributed by atoms with Gasteiger partial charge in [0.05, 0.1) is 88.0 Å². The first-order valence-electron chi connectivity index (χ1n) is 25.6. The van der Waals surface area contributed by atoms with Crippen LogP contribution in [0.4, 0.5) is 22.7 Å². The SMILES string of the molecule is C[C@@H](CN1Cc2cc(NC(=O)c3cnn4cccnc34)c(N3CCOCC3)cc2C1=O)N1CCOCC1.C[C@H](CN1Cc2cc(NC(=O)c3cnn4cccnc34)c(N3CCOCC3)cc2C1=O)N1CCOCC1. The van der Waals surface area contributed by atoms with E-state index in [0.717, 1.165) is 75.1 Å². The van der Waals surface area contributed by atoms with Crippen molar-refractivity contribution >= 4 is 57.7 Å². The maximum atomic E-state index is 13.4. The van der Waals surface area contributed by atoms with Crippen LogP contribution in [0.5, 0.6) is 0 Å². The van der Waals surface area contributed by atoms with Crippen molar-refractivity contribution in [2.75, 3.05) is 139 Å². The van der Waals surface area contributed by atoms with Gasteiger partial charge in [-0.2, -0.15) is 10.2 Å². The van der Waals surface area contributed by atoms with Gasteiger partial charge in [-0.25, -0.2) is 19.0 Å². The largest absolute Gasteiger partial charge is 0.379 e. The predicted octanol–water partition coefficient (Wildman–Crippen LogP) is 2.99. The number of anilines is 4. The van der Waals surface area contributed by atoms with Crippen LogP contribution in [0.25, 0.3) is 11.3 Å². The molecule has 2 aromatic carbocycles. The first-order chi connectivity index (χ1) is 36.2. The van der Waals surface area contributed by atoms with Gasteiger partial charge in [-0.3, -0.25) is 29.0 Å². The van der Waals surface area contributed by atoms with Crippen molar-refractivity contribution in [1.29, 1.82) is 0 Å². The van der Waals surface area contributed by atoms with E-state index in [0.29, 0.717) is 124 Å². The smallest absolute Gasteiger partial charge is 0.261 e. The summed E-state index contributed by atoms with van der Waals surface area (Å²) in [6, 6.07) is 11.8. The Balaban J connectivity index is 0.000000159. The van der Waals surface area contributed by atoms with E-state index >= 15 is 0 Å². The number of amides is 4. The fraction of sp³-hybridized carbons (Fsp3) is 0.462. The molecule has 12 rings (SSSR count). The highest BCUT2D eigenvalue weighted by atomic mass is 16.5. The summed E-state index contributed by atoms with van der Waals surface area (Å²) in [4.78, 5) is 75.1. The van der Waals surface area contributed by atoms with Crippen LogP contribution in [-0.2, 0) is 32.0 Å². The topological polar surface area (TPSA) is 209 Å². The molecule has 0 radical (unpaired) electrons. The summed E-state index contributed by atoms with van der Waals surface area (Å²) in [6.45, 7) is 18.2. The predicted molar refractivity (Wildman–Crippen MR) is 274 cm³/mol. The lowest BCUT2D eigenvalue weighted by molar-refractivity contribution is 0.0127. The highest BCUT2D eigenvalue weighted by molar-refractivity contribution is 6.11. The number of hydrogen-bond donors (Lipinski definition) is 2. The quantitative estimate of drug-likeness (QED) is 0.181. The fourth-order valence-electron chi connectivity index (χ4n) is 10.7. The van der Waals surface area contributed by atoms with Gasteiger partial charge in [0.15, 0.2) is 11.3 Å². The van der Waals surface area contributed by atoms with Crippen LogP contribution in [-0.4, -0.2) is 203 Å². The van der Waals surface area contributed by atoms with Crippen molar-refractivity contribution < 1.29 is 38.1 Å². The van der Waals surface area contributed by atoms with Crippen LogP contribution in [0.1, 0.15) is 66.4 Å². The van der Waals surface area contributed by atoms with E-state index in [1.807, 2.05) is 34.1 Å². The van der Waals surface area contributed by atoms with E-state index in [2.05, 4.69) is 64.2 Å². The number of hydrogen-bond acceptors (Lipinski definition) is 16. The zero-order valence-corrected chi connectivity index (χ0v) is 41.9. The van der Waals surface area contributed by atoms with E-state index in [-0.39, 0.29) is 35.7 Å². The lowest BCUT2D eigenvalue weighted by Gasteiger charge is -2.34. The lowest BCUT2D eigenvalue weighted by atomic mass is 10.1. The molecule has 6 aromatic rings. The molecular formula is C52H62N14O8. The highest BCUT2D eigenvalue weighted by Gasteiger charge is 2.35. The third-order valence-electron chi connectivity index (χ3n) is 14.8. The Kier molecular flexibility index (Phi) is 14.5. The average molecular weight is 1010 g/mol. The molecule has 10 heterocycles. The number of nitrogens with zero attached hydrogens (tertiary/aromatic N) is 12. The lowest BCUT2D eigenvalue weighted by Crippen LogP contribution is -2.47. The number of fused-ring (bicyclic) bond motifs is 4. The Morgan fingerprint density at radius 2 is 0.932 bits per heavy atom. The van der Waals surface area contributed by atoms with Gasteiger partial charge in [-0.05, 0) is 61.4 Å². The van der Waals surface area contributed by atoms with Crippen molar-refractivity contribution in [3.05, 3.63) is 107 Å². The van der Waals surface area contributed by atoms with Crippen LogP contribution < -0.4 is 20.4 Å². The summed E-state index contributed by atoms with van der Waals surface area (Å²) in [6.07, 6.45) is 9.84. The number of nitrogens with one attached hydrogen (secondary N) is 2. The number of rotatable bonds is 12. The van der Waals surface area contributed by atoms with Gasteiger partial charge in [0.25, 0.3) is 23.6 Å². The third kappa shape index (κ3) is 10.2. The molecule has 4 saturated heterocycles. The van der Waals surface area contributed by atoms with E-state index in [1.54, 1.807) is 46.0 Å². The Hall–Kier alpha value is -7.08. The van der Waals surface area contributed by atoms with Crippen LogP contribution in [0, 0.1) is 0 Å². The molecule has 4 fully saturated rings. The summed E-state index contributed by atoms with van der Waals surface area (Å²) in [5, 5.41) is 14.7. The Labute approximate surface area is 428 Å².